The predicted octanol–water partition coefficient (Wildman–Crippen LogP) is 5.54. The molecule has 1 aromatic heterocycles. The van der Waals surface area contributed by atoms with E-state index in [0.717, 1.165) is 35.5 Å². The van der Waals surface area contributed by atoms with E-state index in [-0.39, 0.29) is 17.2 Å². The van der Waals surface area contributed by atoms with Crippen LogP contribution in [0.15, 0.2) is 53.7 Å². The van der Waals surface area contributed by atoms with Crippen LogP contribution in [-0.2, 0) is 4.79 Å². The fourth-order valence-corrected chi connectivity index (χ4v) is 5.07. The van der Waals surface area contributed by atoms with Crippen LogP contribution in [0.5, 0.6) is 11.5 Å². The Bertz CT molecular complexity index is 1120. The number of benzene rings is 2. The van der Waals surface area contributed by atoms with Gasteiger partial charge in [-0.25, -0.2) is 4.98 Å². The maximum Gasteiger partial charge on any atom is 0.233 e. The summed E-state index contributed by atoms with van der Waals surface area (Å²) >= 11 is 1.37. The second kappa shape index (κ2) is 12.0. The van der Waals surface area contributed by atoms with Crippen LogP contribution < -0.4 is 14.8 Å². The van der Waals surface area contributed by atoms with Crippen molar-refractivity contribution in [2.75, 3.05) is 14.2 Å². The first-order valence-electron chi connectivity index (χ1n) is 12.1. The summed E-state index contributed by atoms with van der Waals surface area (Å²) in [4.78, 5) is 17.9. The molecule has 1 amide bonds. The molecule has 0 radical (unpaired) electrons. The van der Waals surface area contributed by atoms with E-state index in [0.29, 0.717) is 23.0 Å². The number of methoxy groups -OCH3 is 2. The molecular formula is C27H32N4O3S. The van der Waals surface area contributed by atoms with Gasteiger partial charge in [0.2, 0.25) is 11.1 Å². The van der Waals surface area contributed by atoms with Crippen LogP contribution in [0.25, 0.3) is 22.5 Å². The molecule has 184 valence electrons. The van der Waals surface area contributed by atoms with Gasteiger partial charge in [-0.1, -0.05) is 37.9 Å². The van der Waals surface area contributed by atoms with Gasteiger partial charge in [0, 0.05) is 17.2 Å². The number of carbonyl (C=O) groups excluding carboxylic acids is 1. The average molecular weight is 493 g/mol. The summed E-state index contributed by atoms with van der Waals surface area (Å²) in [6, 6.07) is 15.6. The smallest absolute Gasteiger partial charge is 0.233 e. The number of nitrogens with zero attached hydrogens (tertiary/aromatic N) is 3. The number of carbonyl (C=O) groups is 1. The van der Waals surface area contributed by atoms with Crippen LogP contribution in [0.4, 0.5) is 0 Å². The summed E-state index contributed by atoms with van der Waals surface area (Å²) in [5.74, 6) is 1.59. The molecule has 1 heterocycles. The number of rotatable bonds is 9. The first kappa shape index (κ1) is 25.0. The van der Waals surface area contributed by atoms with E-state index in [1.165, 1.54) is 31.0 Å². The number of thioether (sulfide) groups is 1. The van der Waals surface area contributed by atoms with Crippen molar-refractivity contribution in [1.82, 2.24) is 20.5 Å². The fourth-order valence-electron chi connectivity index (χ4n) is 4.25. The van der Waals surface area contributed by atoms with Crippen LogP contribution in [0.3, 0.4) is 0 Å². The molecule has 1 aliphatic carbocycles. The summed E-state index contributed by atoms with van der Waals surface area (Å²) in [6.45, 7) is 2.02. The number of amides is 1. The minimum atomic E-state index is -0.269. The van der Waals surface area contributed by atoms with E-state index in [4.69, 9.17) is 14.5 Å². The third kappa shape index (κ3) is 6.31. The van der Waals surface area contributed by atoms with Crippen molar-refractivity contribution < 1.29 is 14.3 Å². The number of hydrogen-bond donors (Lipinski definition) is 1. The topological polar surface area (TPSA) is 86.2 Å². The largest absolute Gasteiger partial charge is 0.497 e. The van der Waals surface area contributed by atoms with Gasteiger partial charge in [0.1, 0.15) is 22.9 Å². The maximum atomic E-state index is 13.0. The molecular weight excluding hydrogens is 460 g/mol. The van der Waals surface area contributed by atoms with Gasteiger partial charge in [0.15, 0.2) is 0 Å². The lowest BCUT2D eigenvalue weighted by Gasteiger charge is -2.24. The standard InChI is InChI=1S/C27H32N4O3S/c1-4-23(26(32)28-20-8-6-5-7-9-20)35-27-29-24(18-10-14-21(33-2)15-11-18)25(30-31-27)19-12-16-22(34-3)17-13-19/h10-17,20,23H,4-9H2,1-3H3,(H,28,32)/t23-/m0/s1. The Labute approximate surface area is 211 Å². The Morgan fingerprint density at radius 1 is 0.914 bits per heavy atom. The molecule has 1 N–H and O–H groups in total. The summed E-state index contributed by atoms with van der Waals surface area (Å²) in [5, 5.41) is 12.4. The first-order valence-corrected chi connectivity index (χ1v) is 13.0. The lowest BCUT2D eigenvalue weighted by molar-refractivity contribution is -0.121. The molecule has 7 nitrogen and oxygen atoms in total. The van der Waals surface area contributed by atoms with E-state index in [9.17, 15) is 4.79 Å². The average Bonchev–Trinajstić information content (AvgIpc) is 2.92. The molecule has 1 fully saturated rings. The zero-order valence-corrected chi connectivity index (χ0v) is 21.3. The summed E-state index contributed by atoms with van der Waals surface area (Å²) in [5.41, 5.74) is 3.16. The molecule has 35 heavy (non-hydrogen) atoms. The molecule has 1 saturated carbocycles. The molecule has 1 aliphatic rings. The minimum Gasteiger partial charge on any atom is -0.497 e. The number of ether oxygens (including phenoxy) is 2. The van der Waals surface area contributed by atoms with Gasteiger partial charge in [-0.05, 0) is 67.8 Å². The van der Waals surface area contributed by atoms with Gasteiger partial charge in [-0.3, -0.25) is 4.79 Å². The van der Waals surface area contributed by atoms with Crippen molar-refractivity contribution in [1.29, 1.82) is 0 Å². The van der Waals surface area contributed by atoms with Crippen molar-refractivity contribution in [3.8, 4) is 34.0 Å². The molecule has 4 rings (SSSR count). The zero-order valence-electron chi connectivity index (χ0n) is 20.5. The zero-order chi connectivity index (χ0) is 24.6. The van der Waals surface area contributed by atoms with E-state index >= 15 is 0 Å². The Kier molecular flexibility index (Phi) is 8.58. The van der Waals surface area contributed by atoms with E-state index in [1.807, 2.05) is 55.5 Å². The third-order valence-electron chi connectivity index (χ3n) is 6.26. The summed E-state index contributed by atoms with van der Waals surface area (Å²) in [6.07, 6.45) is 6.42. The third-order valence-corrected chi connectivity index (χ3v) is 7.47. The van der Waals surface area contributed by atoms with Gasteiger partial charge in [-0.15, -0.1) is 10.2 Å². The SMILES string of the molecule is CC[C@H](Sc1nnc(-c2ccc(OC)cc2)c(-c2ccc(OC)cc2)n1)C(=O)NC1CCCCC1. The van der Waals surface area contributed by atoms with Gasteiger partial charge in [0.05, 0.1) is 19.5 Å². The van der Waals surface area contributed by atoms with Crippen molar-refractivity contribution in [3.05, 3.63) is 48.5 Å². The van der Waals surface area contributed by atoms with Gasteiger partial charge >= 0.3 is 0 Å². The Balaban J connectivity index is 1.62. The van der Waals surface area contributed by atoms with Gasteiger partial charge < -0.3 is 14.8 Å². The van der Waals surface area contributed by atoms with Crippen LogP contribution in [0, 0.1) is 0 Å². The molecule has 0 spiro atoms. The lowest BCUT2D eigenvalue weighted by atomic mass is 9.95. The summed E-state index contributed by atoms with van der Waals surface area (Å²) < 4.78 is 10.6. The lowest BCUT2D eigenvalue weighted by Crippen LogP contribution is -2.41. The monoisotopic (exact) mass is 492 g/mol. The summed E-state index contributed by atoms with van der Waals surface area (Å²) in [7, 11) is 3.28. The van der Waals surface area contributed by atoms with Crippen LogP contribution in [-0.4, -0.2) is 46.6 Å². The van der Waals surface area contributed by atoms with E-state index < -0.39 is 0 Å². The van der Waals surface area contributed by atoms with Crippen molar-refractivity contribution in [2.45, 2.75) is 61.9 Å². The first-order chi connectivity index (χ1) is 17.1. The molecule has 3 aromatic rings. The maximum absolute atomic E-state index is 13.0. The highest BCUT2D eigenvalue weighted by Gasteiger charge is 2.24. The van der Waals surface area contributed by atoms with Crippen molar-refractivity contribution >= 4 is 17.7 Å². The van der Waals surface area contributed by atoms with E-state index in [2.05, 4.69) is 15.5 Å². The second-order valence-corrected chi connectivity index (χ2v) is 9.78. The van der Waals surface area contributed by atoms with Gasteiger partial charge in [-0.2, -0.15) is 0 Å². The highest BCUT2D eigenvalue weighted by Crippen LogP contribution is 2.33. The van der Waals surface area contributed by atoms with Crippen molar-refractivity contribution in [3.63, 3.8) is 0 Å². The Morgan fingerprint density at radius 2 is 1.49 bits per heavy atom. The molecule has 0 unspecified atom stereocenters. The number of aromatic nitrogens is 3. The van der Waals surface area contributed by atoms with Crippen LogP contribution >= 0.6 is 11.8 Å². The highest BCUT2D eigenvalue weighted by atomic mass is 32.2. The quantitative estimate of drug-likeness (QED) is 0.392. The second-order valence-electron chi connectivity index (χ2n) is 8.61. The molecule has 0 bridgehead atoms. The number of nitrogens with one attached hydrogen (secondary N) is 1. The highest BCUT2D eigenvalue weighted by molar-refractivity contribution is 8.00. The Morgan fingerprint density at radius 3 is 2.03 bits per heavy atom. The molecule has 1 atom stereocenters. The Hall–Kier alpha value is -3.13. The van der Waals surface area contributed by atoms with E-state index in [1.54, 1.807) is 14.2 Å². The minimum absolute atomic E-state index is 0.0539. The van der Waals surface area contributed by atoms with Crippen LogP contribution in [0.1, 0.15) is 45.4 Å². The molecule has 0 saturated heterocycles. The normalized spacial score (nSPS) is 14.8. The predicted molar refractivity (Wildman–Crippen MR) is 139 cm³/mol. The molecule has 2 aromatic carbocycles. The van der Waals surface area contributed by atoms with Crippen molar-refractivity contribution in [2.24, 2.45) is 0 Å². The molecule has 0 aliphatic heterocycles. The molecule has 8 heteroatoms. The fraction of sp³-hybridized carbons (Fsp3) is 0.407. The van der Waals surface area contributed by atoms with Gasteiger partial charge in [0.25, 0.3) is 0 Å². The number of hydrogen-bond acceptors (Lipinski definition) is 7. The van der Waals surface area contributed by atoms with Crippen LogP contribution in [0.2, 0.25) is 0 Å².